The van der Waals surface area contributed by atoms with Crippen LogP contribution in [0.4, 0.5) is 17.6 Å². The molecule has 1 aromatic heterocycles. The maximum atomic E-state index is 13.5. The van der Waals surface area contributed by atoms with Gasteiger partial charge in [0, 0.05) is 20.4 Å². The summed E-state index contributed by atoms with van der Waals surface area (Å²) < 4.78 is 56.3. The fraction of sp³-hybridized carbons (Fsp3) is 0.0952. The third kappa shape index (κ3) is 3.89. The molecule has 0 fully saturated rings. The molecule has 1 heterocycles. The maximum absolute atomic E-state index is 13.5. The van der Waals surface area contributed by atoms with Crippen molar-refractivity contribution < 1.29 is 17.6 Å². The van der Waals surface area contributed by atoms with Gasteiger partial charge in [-0.05, 0) is 35.9 Å². The van der Waals surface area contributed by atoms with Crippen molar-refractivity contribution in [2.24, 2.45) is 0 Å². The Balaban J connectivity index is 1.96. The van der Waals surface area contributed by atoms with Gasteiger partial charge in [-0.3, -0.25) is 4.68 Å². The second kappa shape index (κ2) is 7.46. The van der Waals surface area contributed by atoms with Crippen molar-refractivity contribution in [2.45, 2.75) is 12.7 Å². The van der Waals surface area contributed by atoms with Crippen molar-refractivity contribution in [3.05, 3.63) is 87.1 Å². The fourth-order valence-electron chi connectivity index (χ4n) is 3.22. The minimum atomic E-state index is -4.54. The molecule has 0 aliphatic carbocycles. The van der Waals surface area contributed by atoms with Crippen molar-refractivity contribution in [2.75, 3.05) is 0 Å². The monoisotopic (exact) mass is 482 g/mol. The minimum Gasteiger partial charge on any atom is -0.259 e. The Morgan fingerprint density at radius 2 is 1.72 bits per heavy atom. The summed E-state index contributed by atoms with van der Waals surface area (Å²) in [7, 11) is 0. The Hall–Kier alpha value is -2.38. The zero-order valence-electron chi connectivity index (χ0n) is 14.6. The van der Waals surface area contributed by atoms with E-state index in [9.17, 15) is 17.6 Å². The predicted octanol–water partition coefficient (Wildman–Crippen LogP) is 7.33. The van der Waals surface area contributed by atoms with Crippen LogP contribution in [0, 0.1) is 5.82 Å². The molecule has 0 atom stereocenters. The summed E-state index contributed by atoms with van der Waals surface area (Å²) in [5, 5.41) is 4.83. The third-order valence-electron chi connectivity index (χ3n) is 4.53. The van der Waals surface area contributed by atoms with E-state index in [2.05, 4.69) is 21.0 Å². The topological polar surface area (TPSA) is 17.8 Å². The Labute approximate surface area is 176 Å². The molecule has 29 heavy (non-hydrogen) atoms. The van der Waals surface area contributed by atoms with E-state index in [1.807, 2.05) is 0 Å². The normalized spacial score (nSPS) is 11.9. The summed E-state index contributed by atoms with van der Waals surface area (Å²) in [4.78, 5) is 0. The number of fused-ring (bicyclic) bond motifs is 1. The predicted molar refractivity (Wildman–Crippen MR) is 108 cm³/mol. The first-order valence-electron chi connectivity index (χ1n) is 8.50. The highest BCUT2D eigenvalue weighted by Gasteiger charge is 2.34. The minimum absolute atomic E-state index is 0.0937. The molecule has 8 heteroatoms. The highest BCUT2D eigenvalue weighted by Crippen LogP contribution is 2.38. The molecule has 4 rings (SSSR count). The molecule has 0 saturated carbocycles. The zero-order valence-corrected chi connectivity index (χ0v) is 17.0. The number of hydrogen-bond donors (Lipinski definition) is 0. The van der Waals surface area contributed by atoms with Gasteiger partial charge in [0.05, 0.1) is 17.8 Å². The van der Waals surface area contributed by atoms with Gasteiger partial charge in [-0.1, -0.05) is 57.9 Å². The van der Waals surface area contributed by atoms with Crippen LogP contribution in [-0.4, -0.2) is 9.78 Å². The molecular formula is C21H12BrClF4N2. The van der Waals surface area contributed by atoms with E-state index >= 15 is 0 Å². The highest BCUT2D eigenvalue weighted by molar-refractivity contribution is 9.10. The second-order valence-electron chi connectivity index (χ2n) is 6.45. The number of aromatic nitrogens is 2. The van der Waals surface area contributed by atoms with Crippen LogP contribution in [0.25, 0.3) is 22.2 Å². The molecule has 148 valence electrons. The number of benzene rings is 3. The van der Waals surface area contributed by atoms with Crippen LogP contribution < -0.4 is 0 Å². The molecule has 0 aliphatic heterocycles. The van der Waals surface area contributed by atoms with Crippen molar-refractivity contribution in [1.82, 2.24) is 9.78 Å². The van der Waals surface area contributed by atoms with E-state index in [1.165, 1.54) is 28.9 Å². The van der Waals surface area contributed by atoms with E-state index in [0.717, 1.165) is 10.5 Å². The first-order valence-corrected chi connectivity index (χ1v) is 9.68. The highest BCUT2D eigenvalue weighted by atomic mass is 79.9. The van der Waals surface area contributed by atoms with E-state index in [-0.39, 0.29) is 17.1 Å². The van der Waals surface area contributed by atoms with Crippen LogP contribution in [-0.2, 0) is 12.7 Å². The summed E-state index contributed by atoms with van der Waals surface area (Å²) in [6.07, 6.45) is -4.54. The standard InChI is InChI=1S/C21H12BrClF4N2/c22-14-7-4-12(5-8-14)20-16-2-1-3-17(21(25,26)27)19(16)28-29(20)11-13-6-9-15(24)10-18(13)23/h1-10H,11H2. The van der Waals surface area contributed by atoms with Gasteiger partial charge in [-0.25, -0.2) is 4.39 Å². The van der Waals surface area contributed by atoms with Gasteiger partial charge in [0.25, 0.3) is 0 Å². The Kier molecular flexibility index (Phi) is 5.12. The summed E-state index contributed by atoms with van der Waals surface area (Å²) in [5.41, 5.74) is 0.827. The molecular weight excluding hydrogens is 472 g/mol. The molecule has 0 aliphatic rings. The molecule has 0 saturated heterocycles. The molecule has 0 N–H and O–H groups in total. The van der Waals surface area contributed by atoms with Crippen molar-refractivity contribution in [3.8, 4) is 11.3 Å². The van der Waals surface area contributed by atoms with E-state index in [1.54, 1.807) is 30.3 Å². The van der Waals surface area contributed by atoms with Gasteiger partial charge < -0.3 is 0 Å². The number of rotatable bonds is 3. The molecule has 0 bridgehead atoms. The van der Waals surface area contributed by atoms with Gasteiger partial charge in [0.1, 0.15) is 11.3 Å². The quantitative estimate of drug-likeness (QED) is 0.279. The average molecular weight is 484 g/mol. The SMILES string of the molecule is Fc1ccc(Cn2nc3c(C(F)(F)F)cccc3c2-c2ccc(Br)cc2)c(Cl)c1. The van der Waals surface area contributed by atoms with Gasteiger partial charge in [-0.15, -0.1) is 0 Å². The lowest BCUT2D eigenvalue weighted by atomic mass is 10.0. The van der Waals surface area contributed by atoms with Crippen LogP contribution in [0.1, 0.15) is 11.1 Å². The maximum Gasteiger partial charge on any atom is 0.418 e. The number of nitrogens with zero attached hydrogens (tertiary/aromatic N) is 2. The van der Waals surface area contributed by atoms with Gasteiger partial charge in [0.2, 0.25) is 0 Å². The van der Waals surface area contributed by atoms with Gasteiger partial charge in [-0.2, -0.15) is 18.3 Å². The molecule has 4 aromatic rings. The van der Waals surface area contributed by atoms with Crippen LogP contribution in [0.15, 0.2) is 65.1 Å². The number of alkyl halides is 3. The third-order valence-corrected chi connectivity index (χ3v) is 5.41. The summed E-state index contributed by atoms with van der Waals surface area (Å²) in [6.45, 7) is 0.0937. The van der Waals surface area contributed by atoms with Crippen LogP contribution in [0.5, 0.6) is 0 Å². The smallest absolute Gasteiger partial charge is 0.259 e. The van der Waals surface area contributed by atoms with Crippen LogP contribution >= 0.6 is 27.5 Å². The molecule has 0 amide bonds. The second-order valence-corrected chi connectivity index (χ2v) is 7.77. The number of hydrogen-bond acceptors (Lipinski definition) is 1. The zero-order chi connectivity index (χ0) is 20.8. The lowest BCUT2D eigenvalue weighted by Crippen LogP contribution is -2.07. The molecule has 0 unspecified atom stereocenters. The van der Waals surface area contributed by atoms with Crippen molar-refractivity contribution in [1.29, 1.82) is 0 Å². The largest absolute Gasteiger partial charge is 0.418 e. The fourth-order valence-corrected chi connectivity index (χ4v) is 3.71. The summed E-state index contributed by atoms with van der Waals surface area (Å²) in [6, 6.07) is 15.1. The van der Waals surface area contributed by atoms with Crippen LogP contribution in [0.3, 0.4) is 0 Å². The van der Waals surface area contributed by atoms with Gasteiger partial charge in [0.15, 0.2) is 0 Å². The Morgan fingerprint density at radius 3 is 2.38 bits per heavy atom. The number of halogens is 6. The first kappa shape index (κ1) is 19.9. The first-order chi connectivity index (χ1) is 13.7. The molecule has 2 nitrogen and oxygen atoms in total. The van der Waals surface area contributed by atoms with Crippen LogP contribution in [0.2, 0.25) is 5.02 Å². The molecule has 0 spiro atoms. The van der Waals surface area contributed by atoms with Crippen molar-refractivity contribution in [3.63, 3.8) is 0 Å². The lowest BCUT2D eigenvalue weighted by molar-refractivity contribution is -0.136. The Bertz CT molecular complexity index is 1200. The van der Waals surface area contributed by atoms with Crippen molar-refractivity contribution >= 4 is 38.4 Å². The average Bonchev–Trinajstić information content (AvgIpc) is 3.02. The van der Waals surface area contributed by atoms with E-state index < -0.39 is 17.6 Å². The summed E-state index contributed by atoms with van der Waals surface area (Å²) >= 11 is 9.49. The Morgan fingerprint density at radius 1 is 1.00 bits per heavy atom. The van der Waals surface area contributed by atoms with E-state index in [4.69, 9.17) is 11.6 Å². The molecule has 3 aromatic carbocycles. The lowest BCUT2D eigenvalue weighted by Gasteiger charge is -2.10. The summed E-state index contributed by atoms with van der Waals surface area (Å²) in [5.74, 6) is -0.489. The molecule has 0 radical (unpaired) electrons. The van der Waals surface area contributed by atoms with E-state index in [0.29, 0.717) is 22.2 Å². The van der Waals surface area contributed by atoms with Gasteiger partial charge >= 0.3 is 6.18 Å².